The number of carbonyl (C=O) groups is 1. The van der Waals surface area contributed by atoms with E-state index in [-0.39, 0.29) is 12.1 Å². The van der Waals surface area contributed by atoms with E-state index in [1.807, 2.05) is 115 Å². The number of para-hydroxylation sites is 1. The lowest BCUT2D eigenvalue weighted by Gasteiger charge is -2.31. The van der Waals surface area contributed by atoms with Crippen molar-refractivity contribution < 1.29 is 4.79 Å². The molecule has 1 aliphatic rings. The van der Waals surface area contributed by atoms with Crippen LogP contribution in [0.3, 0.4) is 0 Å². The van der Waals surface area contributed by atoms with Gasteiger partial charge in [-0.25, -0.2) is 9.48 Å². The van der Waals surface area contributed by atoms with Crippen LogP contribution in [0.1, 0.15) is 39.7 Å². The first-order valence-corrected chi connectivity index (χ1v) is 13.0. The Bertz CT molecular complexity index is 1650. The predicted octanol–water partition coefficient (Wildman–Crippen LogP) is 7.38. The van der Waals surface area contributed by atoms with Crippen LogP contribution in [0.5, 0.6) is 0 Å². The molecule has 6 nitrogen and oxygen atoms in total. The van der Waals surface area contributed by atoms with Crippen molar-refractivity contribution in [2.24, 2.45) is 0 Å². The van der Waals surface area contributed by atoms with Crippen molar-refractivity contribution in [2.75, 3.05) is 5.32 Å². The number of rotatable bonds is 3. The number of fused-ring (bicyclic) bond motifs is 3. The zero-order chi connectivity index (χ0) is 26.4. The van der Waals surface area contributed by atoms with E-state index >= 15 is 0 Å². The zero-order valence-electron chi connectivity index (χ0n) is 21.5. The number of amides is 2. The summed E-state index contributed by atoms with van der Waals surface area (Å²) < 4.78 is 4.12. The van der Waals surface area contributed by atoms with Gasteiger partial charge in [0.2, 0.25) is 0 Å². The first-order valence-electron chi connectivity index (χ1n) is 12.6. The molecule has 1 aliphatic heterocycles. The summed E-state index contributed by atoms with van der Waals surface area (Å²) in [5, 5.41) is 8.74. The van der Waals surface area contributed by atoms with Gasteiger partial charge in [-0.15, -0.1) is 0 Å². The summed E-state index contributed by atoms with van der Waals surface area (Å²) in [5.41, 5.74) is 7.63. The largest absolute Gasteiger partial charge is 0.322 e. The highest BCUT2D eigenvalue weighted by Gasteiger charge is 2.36. The molecular weight excluding hydrogens is 494 g/mol. The molecule has 6 rings (SSSR count). The maximum atomic E-state index is 14.1. The molecule has 0 aliphatic carbocycles. The van der Waals surface area contributed by atoms with E-state index in [0.29, 0.717) is 11.6 Å². The lowest BCUT2D eigenvalue weighted by molar-refractivity contribution is 0.194. The van der Waals surface area contributed by atoms with E-state index in [2.05, 4.69) is 16.0 Å². The number of aromatic nitrogens is 3. The second-order valence-electron chi connectivity index (χ2n) is 9.77. The Morgan fingerprint density at radius 3 is 2.55 bits per heavy atom. The number of nitrogens with one attached hydrogen (secondary N) is 1. The molecule has 0 fully saturated rings. The van der Waals surface area contributed by atoms with Crippen molar-refractivity contribution >= 4 is 23.3 Å². The summed E-state index contributed by atoms with van der Waals surface area (Å²) >= 11 is 6.46. The molecular formula is C31H28ClN5O. The van der Waals surface area contributed by atoms with E-state index in [1.54, 1.807) is 0 Å². The van der Waals surface area contributed by atoms with Gasteiger partial charge in [-0.1, -0.05) is 54.1 Å². The smallest absolute Gasteiger partial charge is 0.308 e. The third-order valence-electron chi connectivity index (χ3n) is 7.15. The van der Waals surface area contributed by atoms with Gasteiger partial charge in [0.1, 0.15) is 5.82 Å². The minimum Gasteiger partial charge on any atom is -0.308 e. The molecule has 0 unspecified atom stereocenters. The highest BCUT2D eigenvalue weighted by atomic mass is 35.5. The molecule has 38 heavy (non-hydrogen) atoms. The minimum absolute atomic E-state index is 0.184. The second kappa shape index (κ2) is 9.54. The highest BCUT2D eigenvalue weighted by molar-refractivity contribution is 6.30. The Morgan fingerprint density at radius 2 is 1.76 bits per heavy atom. The van der Waals surface area contributed by atoms with E-state index in [9.17, 15) is 4.79 Å². The van der Waals surface area contributed by atoms with Crippen LogP contribution < -0.4 is 5.32 Å². The van der Waals surface area contributed by atoms with Crippen LogP contribution in [-0.2, 0) is 6.54 Å². The van der Waals surface area contributed by atoms with Gasteiger partial charge in [0, 0.05) is 22.5 Å². The van der Waals surface area contributed by atoms with Gasteiger partial charge in [0.25, 0.3) is 0 Å². The normalized spacial score (nSPS) is 14.5. The summed E-state index contributed by atoms with van der Waals surface area (Å²) in [6.07, 6.45) is 2.04. The van der Waals surface area contributed by atoms with Crippen LogP contribution in [0, 0.1) is 20.8 Å². The van der Waals surface area contributed by atoms with Gasteiger partial charge in [-0.2, -0.15) is 5.10 Å². The Kier molecular flexibility index (Phi) is 6.04. The van der Waals surface area contributed by atoms with Gasteiger partial charge in [0.15, 0.2) is 0 Å². The first kappa shape index (κ1) is 24.1. The minimum atomic E-state index is -0.371. The SMILES string of the molecule is Cc1ccc(C)c(NC(=O)N2Cc3c(C)nn(-c4ccccc4)c3-n3cccc3[C@H]2c2cccc(Cl)c2)c1. The molecule has 0 spiro atoms. The Balaban J connectivity index is 1.54. The number of benzene rings is 3. The molecule has 3 heterocycles. The van der Waals surface area contributed by atoms with Crippen molar-refractivity contribution in [1.29, 1.82) is 0 Å². The number of hydrogen-bond donors (Lipinski definition) is 1. The summed E-state index contributed by atoms with van der Waals surface area (Å²) in [6.45, 7) is 6.41. The standard InChI is InChI=1S/C31H28ClN5O/c1-20-14-15-21(2)27(17-20)33-31(38)36-19-26-22(3)34-37(25-11-5-4-6-12-25)30(26)35-16-8-13-28(35)29(36)23-9-7-10-24(32)18-23/h4-18,29H,19H2,1-3H3,(H,33,38)/t29-/m1/s1. The molecule has 190 valence electrons. The molecule has 3 aromatic carbocycles. The molecule has 2 aromatic heterocycles. The van der Waals surface area contributed by atoms with E-state index < -0.39 is 0 Å². The van der Waals surface area contributed by atoms with Gasteiger partial charge in [-0.05, 0) is 79.9 Å². The maximum absolute atomic E-state index is 14.1. The maximum Gasteiger partial charge on any atom is 0.322 e. The second-order valence-corrected chi connectivity index (χ2v) is 10.2. The number of anilines is 1. The van der Waals surface area contributed by atoms with Gasteiger partial charge >= 0.3 is 6.03 Å². The van der Waals surface area contributed by atoms with Gasteiger partial charge < -0.3 is 14.8 Å². The number of aryl methyl sites for hydroxylation is 3. The molecule has 7 heteroatoms. The number of hydrogen-bond acceptors (Lipinski definition) is 2. The van der Waals surface area contributed by atoms with Gasteiger partial charge in [-0.3, -0.25) is 0 Å². The number of carbonyl (C=O) groups excluding carboxylic acids is 1. The zero-order valence-corrected chi connectivity index (χ0v) is 22.3. The van der Waals surface area contributed by atoms with Crippen molar-refractivity contribution in [1.82, 2.24) is 19.2 Å². The van der Waals surface area contributed by atoms with E-state index in [0.717, 1.165) is 50.8 Å². The lowest BCUT2D eigenvalue weighted by atomic mass is 10.0. The fraction of sp³-hybridized carbons (Fsp3) is 0.161. The Hall–Kier alpha value is -4.29. The van der Waals surface area contributed by atoms with Crippen LogP contribution in [0.25, 0.3) is 11.5 Å². The van der Waals surface area contributed by atoms with Crippen LogP contribution in [0.15, 0.2) is 91.1 Å². The fourth-order valence-corrected chi connectivity index (χ4v) is 5.43. The highest BCUT2D eigenvalue weighted by Crippen LogP contribution is 2.39. The quantitative estimate of drug-likeness (QED) is 0.269. The van der Waals surface area contributed by atoms with Gasteiger partial charge in [0.05, 0.1) is 29.7 Å². The molecule has 1 N–H and O–H groups in total. The molecule has 0 saturated carbocycles. The number of halogens is 1. The average molecular weight is 522 g/mol. The van der Waals surface area contributed by atoms with Crippen molar-refractivity contribution in [3.05, 3.63) is 130 Å². The lowest BCUT2D eigenvalue weighted by Crippen LogP contribution is -2.38. The fourth-order valence-electron chi connectivity index (χ4n) is 5.23. The van der Waals surface area contributed by atoms with Crippen molar-refractivity contribution in [2.45, 2.75) is 33.4 Å². The average Bonchev–Trinajstić information content (AvgIpc) is 3.47. The van der Waals surface area contributed by atoms with Crippen molar-refractivity contribution in [3.63, 3.8) is 0 Å². The van der Waals surface area contributed by atoms with Crippen LogP contribution in [-0.4, -0.2) is 25.3 Å². The Morgan fingerprint density at radius 1 is 0.947 bits per heavy atom. The number of urea groups is 1. The van der Waals surface area contributed by atoms with E-state index in [4.69, 9.17) is 16.7 Å². The monoisotopic (exact) mass is 521 g/mol. The Labute approximate surface area is 227 Å². The summed E-state index contributed by atoms with van der Waals surface area (Å²) in [6, 6.07) is 27.4. The topological polar surface area (TPSA) is 55.1 Å². The van der Waals surface area contributed by atoms with Crippen molar-refractivity contribution in [3.8, 4) is 11.5 Å². The molecule has 0 saturated heterocycles. The van der Waals surface area contributed by atoms with Crippen LogP contribution in [0.2, 0.25) is 5.02 Å². The third kappa shape index (κ3) is 4.17. The third-order valence-corrected chi connectivity index (χ3v) is 7.38. The van der Waals surface area contributed by atoms with E-state index in [1.165, 1.54) is 0 Å². The van der Waals surface area contributed by atoms with Crippen LogP contribution in [0.4, 0.5) is 10.5 Å². The molecule has 2 amide bonds. The molecule has 5 aromatic rings. The number of nitrogens with zero attached hydrogens (tertiary/aromatic N) is 4. The summed E-state index contributed by atoms with van der Waals surface area (Å²) in [7, 11) is 0. The van der Waals surface area contributed by atoms with Crippen LogP contribution >= 0.6 is 11.6 Å². The summed E-state index contributed by atoms with van der Waals surface area (Å²) in [5.74, 6) is 0.933. The molecule has 0 bridgehead atoms. The molecule has 0 radical (unpaired) electrons. The predicted molar refractivity (Wildman–Crippen MR) is 151 cm³/mol. The molecule has 1 atom stereocenters. The summed E-state index contributed by atoms with van der Waals surface area (Å²) in [4.78, 5) is 16.0. The first-order chi connectivity index (χ1) is 18.4.